The van der Waals surface area contributed by atoms with Crippen LogP contribution in [0.4, 0.5) is 5.69 Å². The van der Waals surface area contributed by atoms with Gasteiger partial charge in [-0.25, -0.2) is 4.79 Å². The quantitative estimate of drug-likeness (QED) is 0.449. The molecule has 0 aromatic heterocycles. The van der Waals surface area contributed by atoms with Gasteiger partial charge in [0.2, 0.25) is 0 Å². The molecule has 0 aliphatic heterocycles. The lowest BCUT2D eigenvalue weighted by atomic mass is 10.1. The highest BCUT2D eigenvalue weighted by atomic mass is 16.5. The van der Waals surface area contributed by atoms with Crippen LogP contribution in [-0.4, -0.2) is 24.3 Å². The second kappa shape index (κ2) is 10.0. The van der Waals surface area contributed by atoms with Crippen LogP contribution in [0.25, 0.3) is 0 Å². The highest BCUT2D eigenvalue weighted by Gasteiger charge is 2.11. The topological polar surface area (TPSA) is 81.7 Å². The van der Waals surface area contributed by atoms with E-state index in [-0.39, 0.29) is 5.78 Å². The Balaban J connectivity index is 1.48. The number of amides is 1. The Morgan fingerprint density at radius 2 is 1.57 bits per heavy atom. The number of esters is 1. The van der Waals surface area contributed by atoms with Gasteiger partial charge in [-0.2, -0.15) is 0 Å². The maximum absolute atomic E-state index is 12.2. The van der Waals surface area contributed by atoms with Crippen molar-refractivity contribution in [1.29, 1.82) is 0 Å². The maximum Gasteiger partial charge on any atom is 0.338 e. The van der Waals surface area contributed by atoms with Gasteiger partial charge >= 0.3 is 5.97 Å². The molecule has 0 fully saturated rings. The number of hydrogen-bond donors (Lipinski definition) is 1. The summed E-state index contributed by atoms with van der Waals surface area (Å²) in [4.78, 5) is 35.6. The molecule has 0 bridgehead atoms. The third-order valence-electron chi connectivity index (χ3n) is 4.23. The highest BCUT2D eigenvalue weighted by Crippen LogP contribution is 2.13. The molecule has 1 N–H and O–H groups in total. The molecule has 0 radical (unpaired) electrons. The van der Waals surface area contributed by atoms with E-state index < -0.39 is 18.5 Å². The number of benzene rings is 3. The minimum absolute atomic E-state index is 0.102. The SMILES string of the molecule is CC(=O)c1cccc(NC(=O)COC(=O)c2ccc(COc3ccccc3)cc2)c1. The van der Waals surface area contributed by atoms with Gasteiger partial charge in [-0.05, 0) is 48.9 Å². The predicted molar refractivity (Wildman–Crippen MR) is 113 cm³/mol. The van der Waals surface area contributed by atoms with E-state index in [1.807, 2.05) is 30.3 Å². The number of carbonyl (C=O) groups is 3. The third kappa shape index (κ3) is 6.04. The molecular weight excluding hydrogens is 382 g/mol. The first kappa shape index (κ1) is 20.8. The van der Waals surface area contributed by atoms with E-state index >= 15 is 0 Å². The molecule has 3 rings (SSSR count). The van der Waals surface area contributed by atoms with Crippen molar-refractivity contribution in [1.82, 2.24) is 0 Å². The lowest BCUT2D eigenvalue weighted by Gasteiger charge is -2.08. The molecular formula is C24H21NO5. The van der Waals surface area contributed by atoms with Crippen LogP contribution in [0.15, 0.2) is 78.9 Å². The highest BCUT2D eigenvalue weighted by molar-refractivity contribution is 5.98. The van der Waals surface area contributed by atoms with Gasteiger partial charge < -0.3 is 14.8 Å². The molecule has 0 atom stereocenters. The first-order valence-electron chi connectivity index (χ1n) is 9.36. The number of rotatable bonds is 8. The third-order valence-corrected chi connectivity index (χ3v) is 4.23. The average Bonchev–Trinajstić information content (AvgIpc) is 2.77. The number of anilines is 1. The second-order valence-electron chi connectivity index (χ2n) is 6.56. The number of hydrogen-bond acceptors (Lipinski definition) is 5. The van der Waals surface area contributed by atoms with Gasteiger partial charge in [-0.1, -0.05) is 42.5 Å². The van der Waals surface area contributed by atoms with Crippen LogP contribution in [-0.2, 0) is 16.1 Å². The lowest BCUT2D eigenvalue weighted by Crippen LogP contribution is -2.21. The van der Waals surface area contributed by atoms with E-state index in [1.54, 1.807) is 48.5 Å². The Hall–Kier alpha value is -3.93. The fourth-order valence-electron chi connectivity index (χ4n) is 2.65. The van der Waals surface area contributed by atoms with Crippen LogP contribution in [0.1, 0.15) is 33.2 Å². The van der Waals surface area contributed by atoms with Crippen LogP contribution in [0, 0.1) is 0 Å². The van der Waals surface area contributed by atoms with E-state index in [1.165, 1.54) is 6.92 Å². The summed E-state index contributed by atoms with van der Waals surface area (Å²) in [6.07, 6.45) is 0. The molecule has 30 heavy (non-hydrogen) atoms. The smallest absolute Gasteiger partial charge is 0.338 e. The Morgan fingerprint density at radius 1 is 0.833 bits per heavy atom. The van der Waals surface area contributed by atoms with Crippen LogP contribution >= 0.6 is 0 Å². The van der Waals surface area contributed by atoms with Gasteiger partial charge in [0, 0.05) is 11.3 Å². The fourth-order valence-corrected chi connectivity index (χ4v) is 2.65. The first-order chi connectivity index (χ1) is 14.5. The van der Waals surface area contributed by atoms with Crippen molar-refractivity contribution in [3.63, 3.8) is 0 Å². The summed E-state index contributed by atoms with van der Waals surface area (Å²) in [5, 5.41) is 2.60. The monoisotopic (exact) mass is 403 g/mol. The molecule has 0 unspecified atom stereocenters. The summed E-state index contributed by atoms with van der Waals surface area (Å²) >= 11 is 0. The molecule has 0 heterocycles. The molecule has 0 saturated heterocycles. The molecule has 0 aliphatic rings. The van der Waals surface area contributed by atoms with Crippen LogP contribution < -0.4 is 10.1 Å². The molecule has 6 heteroatoms. The average molecular weight is 403 g/mol. The number of carbonyl (C=O) groups excluding carboxylic acids is 3. The maximum atomic E-state index is 12.2. The first-order valence-corrected chi connectivity index (χ1v) is 9.36. The van der Waals surface area contributed by atoms with Gasteiger partial charge in [-0.15, -0.1) is 0 Å². The fraction of sp³-hybridized carbons (Fsp3) is 0.125. The Morgan fingerprint density at radius 3 is 2.27 bits per heavy atom. The molecule has 3 aromatic carbocycles. The van der Waals surface area contributed by atoms with Crippen LogP contribution in [0.2, 0.25) is 0 Å². The van der Waals surface area contributed by atoms with Crippen molar-refractivity contribution in [3.8, 4) is 5.75 Å². The molecule has 3 aromatic rings. The van der Waals surface area contributed by atoms with Crippen molar-refractivity contribution in [3.05, 3.63) is 95.6 Å². The molecule has 152 valence electrons. The summed E-state index contributed by atoms with van der Waals surface area (Å²) in [5.41, 5.74) is 2.19. The van der Waals surface area contributed by atoms with Crippen molar-refractivity contribution in [2.24, 2.45) is 0 Å². The number of para-hydroxylation sites is 1. The van der Waals surface area contributed by atoms with Crippen LogP contribution in [0.5, 0.6) is 5.75 Å². The lowest BCUT2D eigenvalue weighted by molar-refractivity contribution is -0.119. The van der Waals surface area contributed by atoms with E-state index in [0.29, 0.717) is 23.4 Å². The van der Waals surface area contributed by atoms with Gasteiger partial charge in [0.15, 0.2) is 12.4 Å². The number of ether oxygens (including phenoxy) is 2. The van der Waals surface area contributed by atoms with E-state index in [4.69, 9.17) is 9.47 Å². The van der Waals surface area contributed by atoms with Crippen molar-refractivity contribution < 1.29 is 23.9 Å². The van der Waals surface area contributed by atoms with Gasteiger partial charge in [-0.3, -0.25) is 9.59 Å². The van der Waals surface area contributed by atoms with Crippen molar-refractivity contribution in [2.75, 3.05) is 11.9 Å². The van der Waals surface area contributed by atoms with Gasteiger partial charge in [0.1, 0.15) is 12.4 Å². The van der Waals surface area contributed by atoms with Crippen LogP contribution in [0.3, 0.4) is 0 Å². The zero-order valence-corrected chi connectivity index (χ0v) is 16.5. The second-order valence-corrected chi connectivity index (χ2v) is 6.56. The largest absolute Gasteiger partial charge is 0.489 e. The zero-order valence-electron chi connectivity index (χ0n) is 16.5. The Labute approximate surface area is 174 Å². The minimum atomic E-state index is -0.599. The van der Waals surface area contributed by atoms with E-state index in [0.717, 1.165) is 11.3 Å². The number of Topliss-reactive ketones (excluding diaryl/α,β-unsaturated/α-hetero) is 1. The molecule has 0 saturated carbocycles. The predicted octanol–water partition coefficient (Wildman–Crippen LogP) is 4.26. The van der Waals surface area contributed by atoms with Gasteiger partial charge in [0.25, 0.3) is 5.91 Å². The zero-order chi connectivity index (χ0) is 21.3. The van der Waals surface area contributed by atoms with E-state index in [9.17, 15) is 14.4 Å². The van der Waals surface area contributed by atoms with E-state index in [2.05, 4.69) is 5.32 Å². The van der Waals surface area contributed by atoms with Crippen molar-refractivity contribution in [2.45, 2.75) is 13.5 Å². The molecule has 0 spiro atoms. The standard InChI is InChI=1S/C24H21NO5/c1-17(26)20-6-5-7-21(14-20)25-23(27)16-30-24(28)19-12-10-18(11-13-19)15-29-22-8-3-2-4-9-22/h2-14H,15-16H2,1H3,(H,25,27). The summed E-state index contributed by atoms with van der Waals surface area (Å²) < 4.78 is 10.7. The summed E-state index contributed by atoms with van der Waals surface area (Å²) in [6, 6.07) is 22.8. The summed E-state index contributed by atoms with van der Waals surface area (Å²) in [5.74, 6) is -0.425. The number of nitrogens with one attached hydrogen (secondary N) is 1. The normalized spacial score (nSPS) is 10.2. The molecule has 6 nitrogen and oxygen atoms in total. The van der Waals surface area contributed by atoms with Gasteiger partial charge in [0.05, 0.1) is 5.56 Å². The Kier molecular flexibility index (Phi) is 6.95. The van der Waals surface area contributed by atoms with Crippen molar-refractivity contribution >= 4 is 23.3 Å². The molecule has 1 amide bonds. The summed E-state index contributed by atoms with van der Waals surface area (Å²) in [7, 11) is 0. The number of ketones is 1. The Bertz CT molecular complexity index is 1030. The minimum Gasteiger partial charge on any atom is -0.489 e. The summed E-state index contributed by atoms with van der Waals surface area (Å²) in [6.45, 7) is 1.39. The molecule has 0 aliphatic carbocycles.